The van der Waals surface area contributed by atoms with E-state index in [9.17, 15) is 0 Å². The quantitative estimate of drug-likeness (QED) is 0.433. The molecule has 1 rings (SSSR count). The van der Waals surface area contributed by atoms with Crippen molar-refractivity contribution < 1.29 is 0 Å². The third kappa shape index (κ3) is 1.85. The van der Waals surface area contributed by atoms with E-state index in [2.05, 4.69) is 22.9 Å². The van der Waals surface area contributed by atoms with E-state index in [-0.39, 0.29) is 0 Å². The molecule has 0 aromatic heterocycles. The van der Waals surface area contributed by atoms with Crippen molar-refractivity contribution in [2.45, 2.75) is 13.3 Å². The van der Waals surface area contributed by atoms with Gasteiger partial charge in [-0.25, -0.2) is 0 Å². The van der Waals surface area contributed by atoms with E-state index in [0.717, 1.165) is 30.1 Å². The van der Waals surface area contributed by atoms with E-state index in [1.165, 1.54) is 0 Å². The van der Waals surface area contributed by atoms with E-state index in [4.69, 9.17) is 0 Å². The van der Waals surface area contributed by atoms with Crippen LogP contribution in [0.25, 0.3) is 0 Å². The van der Waals surface area contributed by atoms with Gasteiger partial charge in [-0.15, -0.1) is 12.6 Å². The molecule has 0 saturated carbocycles. The van der Waals surface area contributed by atoms with Crippen molar-refractivity contribution in [2.24, 2.45) is 4.99 Å². The Morgan fingerprint density at radius 3 is 3.10 bits per heavy atom. The molecule has 0 fully saturated rings. The molecule has 1 aliphatic heterocycles. The number of thiol groups is 1. The normalized spacial score (nSPS) is 20.6. The minimum Gasteiger partial charge on any atom is -0.311 e. The van der Waals surface area contributed by atoms with Crippen molar-refractivity contribution >= 4 is 18.8 Å². The van der Waals surface area contributed by atoms with Crippen LogP contribution in [0.15, 0.2) is 15.6 Å². The predicted octanol–water partition coefficient (Wildman–Crippen LogP) is 1.21. The van der Waals surface area contributed by atoms with E-state index < -0.39 is 0 Å². The van der Waals surface area contributed by atoms with Crippen LogP contribution in [-0.4, -0.2) is 19.3 Å². The van der Waals surface area contributed by atoms with Crippen molar-refractivity contribution in [3.8, 4) is 0 Å². The summed E-state index contributed by atoms with van der Waals surface area (Å²) in [4.78, 5) is 5.30. The summed E-state index contributed by atoms with van der Waals surface area (Å²) >= 11 is 4.32. The molecule has 10 heavy (non-hydrogen) atoms. The average molecular weight is 156 g/mol. The summed E-state index contributed by atoms with van der Waals surface area (Å²) in [7, 11) is 0. The summed E-state index contributed by atoms with van der Waals surface area (Å²) < 4.78 is 0. The van der Waals surface area contributed by atoms with Crippen LogP contribution >= 0.6 is 12.6 Å². The SMILES string of the molecule is CC=NC1=C(S)CCNC1. The highest BCUT2D eigenvalue weighted by Crippen LogP contribution is 2.16. The van der Waals surface area contributed by atoms with Gasteiger partial charge >= 0.3 is 0 Å². The Morgan fingerprint density at radius 2 is 2.50 bits per heavy atom. The molecule has 1 aliphatic rings. The Kier molecular flexibility index (Phi) is 2.96. The average Bonchev–Trinajstić information content (AvgIpc) is 1.94. The van der Waals surface area contributed by atoms with Crippen LogP contribution in [0.5, 0.6) is 0 Å². The van der Waals surface area contributed by atoms with Gasteiger partial charge in [0.2, 0.25) is 0 Å². The fraction of sp³-hybridized carbons (Fsp3) is 0.571. The molecule has 0 saturated heterocycles. The van der Waals surface area contributed by atoms with Gasteiger partial charge in [-0.05, 0) is 13.3 Å². The topological polar surface area (TPSA) is 24.4 Å². The van der Waals surface area contributed by atoms with Gasteiger partial charge in [0, 0.05) is 24.2 Å². The molecule has 1 heterocycles. The second-order valence-corrected chi connectivity index (χ2v) is 2.75. The minimum atomic E-state index is 0.864. The monoisotopic (exact) mass is 156 g/mol. The highest BCUT2D eigenvalue weighted by molar-refractivity contribution is 7.84. The van der Waals surface area contributed by atoms with Crippen LogP contribution in [0, 0.1) is 0 Å². The molecule has 0 radical (unpaired) electrons. The fourth-order valence-electron chi connectivity index (χ4n) is 0.936. The van der Waals surface area contributed by atoms with Crippen LogP contribution in [-0.2, 0) is 0 Å². The summed E-state index contributed by atoms with van der Waals surface area (Å²) in [5.74, 6) is 0. The second kappa shape index (κ2) is 3.78. The number of rotatable bonds is 1. The van der Waals surface area contributed by atoms with Gasteiger partial charge < -0.3 is 5.32 Å². The molecule has 0 spiro atoms. The fourth-order valence-corrected chi connectivity index (χ4v) is 1.18. The number of nitrogens with one attached hydrogen (secondary N) is 1. The van der Waals surface area contributed by atoms with Crippen molar-refractivity contribution in [1.29, 1.82) is 0 Å². The van der Waals surface area contributed by atoms with Crippen LogP contribution in [0.4, 0.5) is 0 Å². The number of hydrogen-bond acceptors (Lipinski definition) is 3. The Bertz CT molecular complexity index is 172. The highest BCUT2D eigenvalue weighted by Gasteiger charge is 2.06. The Labute approximate surface area is 66.8 Å². The molecule has 56 valence electrons. The van der Waals surface area contributed by atoms with Crippen LogP contribution < -0.4 is 5.32 Å². The van der Waals surface area contributed by atoms with Gasteiger partial charge in [-0.3, -0.25) is 4.99 Å². The van der Waals surface area contributed by atoms with E-state index in [0.29, 0.717) is 0 Å². The maximum atomic E-state index is 4.32. The van der Waals surface area contributed by atoms with Gasteiger partial charge in [0.25, 0.3) is 0 Å². The zero-order chi connectivity index (χ0) is 7.40. The maximum absolute atomic E-state index is 4.32. The lowest BCUT2D eigenvalue weighted by Gasteiger charge is -2.13. The predicted molar refractivity (Wildman–Crippen MR) is 47.7 cm³/mol. The molecule has 0 unspecified atom stereocenters. The van der Waals surface area contributed by atoms with Crippen molar-refractivity contribution in [1.82, 2.24) is 5.32 Å². The Morgan fingerprint density at radius 1 is 1.70 bits per heavy atom. The zero-order valence-corrected chi connectivity index (χ0v) is 6.99. The molecule has 0 amide bonds. The molecule has 3 heteroatoms. The first kappa shape index (κ1) is 7.82. The van der Waals surface area contributed by atoms with Gasteiger partial charge in [0.15, 0.2) is 0 Å². The first-order chi connectivity index (χ1) is 4.84. The third-order valence-corrected chi connectivity index (χ3v) is 1.93. The lowest BCUT2D eigenvalue weighted by atomic mass is 10.2. The van der Waals surface area contributed by atoms with Gasteiger partial charge in [0.1, 0.15) is 0 Å². The Hall–Kier alpha value is -0.280. The van der Waals surface area contributed by atoms with Crippen molar-refractivity contribution in [3.63, 3.8) is 0 Å². The minimum absolute atomic E-state index is 0.864. The maximum Gasteiger partial charge on any atom is 0.0630 e. The summed E-state index contributed by atoms with van der Waals surface area (Å²) in [6.07, 6.45) is 2.81. The van der Waals surface area contributed by atoms with Crippen LogP contribution in [0.2, 0.25) is 0 Å². The highest BCUT2D eigenvalue weighted by atomic mass is 32.1. The van der Waals surface area contributed by atoms with Crippen molar-refractivity contribution in [3.05, 3.63) is 10.6 Å². The lowest BCUT2D eigenvalue weighted by molar-refractivity contribution is 0.692. The molecule has 0 aliphatic carbocycles. The van der Waals surface area contributed by atoms with Crippen LogP contribution in [0.1, 0.15) is 13.3 Å². The van der Waals surface area contributed by atoms with Crippen LogP contribution in [0.3, 0.4) is 0 Å². The molecular weight excluding hydrogens is 144 g/mol. The van der Waals surface area contributed by atoms with E-state index in [1.807, 2.05) is 6.92 Å². The number of nitrogens with zero attached hydrogens (tertiary/aromatic N) is 1. The molecule has 0 atom stereocenters. The van der Waals surface area contributed by atoms with E-state index >= 15 is 0 Å². The van der Waals surface area contributed by atoms with Gasteiger partial charge in [0.05, 0.1) is 5.70 Å². The molecule has 1 N–H and O–H groups in total. The lowest BCUT2D eigenvalue weighted by Crippen LogP contribution is -2.23. The number of aliphatic imine (C=N–C) groups is 1. The zero-order valence-electron chi connectivity index (χ0n) is 6.09. The summed E-state index contributed by atoms with van der Waals surface area (Å²) in [5, 5.41) is 3.23. The van der Waals surface area contributed by atoms with Crippen molar-refractivity contribution in [2.75, 3.05) is 13.1 Å². The van der Waals surface area contributed by atoms with Gasteiger partial charge in [-0.1, -0.05) is 0 Å². The first-order valence-electron chi connectivity index (χ1n) is 3.45. The Balaban J connectivity index is 2.68. The molecule has 0 aromatic carbocycles. The standard InChI is InChI=1S/C7H12N2S/c1-2-9-6-5-8-4-3-7(6)10/h2,8,10H,3-5H2,1H3. The van der Waals surface area contributed by atoms with Gasteiger partial charge in [-0.2, -0.15) is 0 Å². The van der Waals surface area contributed by atoms with E-state index in [1.54, 1.807) is 6.21 Å². The first-order valence-corrected chi connectivity index (χ1v) is 3.89. The molecular formula is C7H12N2S. The summed E-state index contributed by atoms with van der Waals surface area (Å²) in [5.41, 5.74) is 1.08. The third-order valence-electron chi connectivity index (χ3n) is 1.45. The largest absolute Gasteiger partial charge is 0.311 e. The molecule has 0 aromatic rings. The number of hydrogen-bond donors (Lipinski definition) is 2. The summed E-state index contributed by atoms with van der Waals surface area (Å²) in [6, 6.07) is 0. The molecule has 0 bridgehead atoms. The second-order valence-electron chi connectivity index (χ2n) is 2.21. The smallest absolute Gasteiger partial charge is 0.0630 e. The summed E-state index contributed by atoms with van der Waals surface area (Å²) in [6.45, 7) is 3.81. The molecule has 2 nitrogen and oxygen atoms in total.